The Morgan fingerprint density at radius 2 is 1.88 bits per heavy atom. The second-order valence-electron chi connectivity index (χ2n) is 5.53. The van der Waals surface area contributed by atoms with Gasteiger partial charge in [0.25, 0.3) is 0 Å². The van der Waals surface area contributed by atoms with Crippen LogP contribution < -0.4 is 5.32 Å². The molecule has 1 aromatic carbocycles. The van der Waals surface area contributed by atoms with Gasteiger partial charge in [0.1, 0.15) is 0 Å². The number of nitrogens with zero attached hydrogens (tertiary/aromatic N) is 4. The van der Waals surface area contributed by atoms with Crippen LogP contribution in [0.15, 0.2) is 48.7 Å². The number of nitrogens with one attached hydrogen (secondary N) is 1. The van der Waals surface area contributed by atoms with Gasteiger partial charge in [-0.05, 0) is 32.1 Å². The summed E-state index contributed by atoms with van der Waals surface area (Å²) in [7, 11) is 1.80. The van der Waals surface area contributed by atoms with Gasteiger partial charge < -0.3 is 5.32 Å². The maximum absolute atomic E-state index is 12.0. The molecular weight excluding hydrogens is 302 g/mol. The third-order valence-corrected chi connectivity index (χ3v) is 3.71. The first-order chi connectivity index (χ1) is 11.5. The van der Waals surface area contributed by atoms with E-state index in [0.29, 0.717) is 5.82 Å². The Labute approximate surface area is 140 Å². The van der Waals surface area contributed by atoms with Crippen LogP contribution in [0.4, 0.5) is 5.82 Å². The van der Waals surface area contributed by atoms with Gasteiger partial charge in [-0.2, -0.15) is 10.2 Å². The number of carbonyl (C=O) groups excluding carboxylic acids is 1. The molecule has 1 amide bonds. The summed E-state index contributed by atoms with van der Waals surface area (Å²) in [5.74, 6) is 0.306. The predicted octanol–water partition coefficient (Wildman–Crippen LogP) is 2.87. The average Bonchev–Trinajstić information content (AvgIpc) is 3.10. The van der Waals surface area contributed by atoms with Crippen molar-refractivity contribution in [3.8, 4) is 5.69 Å². The van der Waals surface area contributed by atoms with Gasteiger partial charge in [-0.3, -0.25) is 9.48 Å². The van der Waals surface area contributed by atoms with Gasteiger partial charge in [0.15, 0.2) is 5.82 Å². The molecule has 2 heterocycles. The second-order valence-corrected chi connectivity index (χ2v) is 5.53. The van der Waals surface area contributed by atoms with Crippen molar-refractivity contribution in [2.45, 2.75) is 13.8 Å². The number of aromatic nitrogens is 4. The molecule has 0 aliphatic rings. The number of hydrogen-bond donors (Lipinski definition) is 1. The minimum Gasteiger partial charge on any atom is -0.306 e. The van der Waals surface area contributed by atoms with Gasteiger partial charge in [-0.1, -0.05) is 18.2 Å². The summed E-state index contributed by atoms with van der Waals surface area (Å²) in [6, 6.07) is 11.7. The zero-order valence-corrected chi connectivity index (χ0v) is 13.9. The van der Waals surface area contributed by atoms with E-state index < -0.39 is 0 Å². The van der Waals surface area contributed by atoms with E-state index in [2.05, 4.69) is 15.5 Å². The number of amides is 1. The lowest BCUT2D eigenvalue weighted by atomic mass is 10.2. The maximum Gasteiger partial charge on any atom is 0.249 e. The van der Waals surface area contributed by atoms with E-state index in [0.717, 1.165) is 22.6 Å². The average molecular weight is 321 g/mol. The maximum atomic E-state index is 12.0. The number of rotatable bonds is 4. The summed E-state index contributed by atoms with van der Waals surface area (Å²) in [6.07, 6.45) is 5.06. The fourth-order valence-corrected chi connectivity index (χ4v) is 2.53. The molecule has 0 aliphatic carbocycles. The molecule has 2 aromatic heterocycles. The summed E-state index contributed by atoms with van der Waals surface area (Å²) in [5, 5.41) is 11.4. The normalized spacial score (nSPS) is 11.1. The largest absolute Gasteiger partial charge is 0.306 e. The lowest BCUT2D eigenvalue weighted by molar-refractivity contribution is -0.111. The van der Waals surface area contributed by atoms with Gasteiger partial charge >= 0.3 is 0 Å². The molecule has 6 heteroatoms. The van der Waals surface area contributed by atoms with Crippen molar-refractivity contribution in [3.05, 3.63) is 65.6 Å². The van der Waals surface area contributed by atoms with Crippen LogP contribution in [0.1, 0.15) is 17.0 Å². The molecular formula is C18H19N5O. The summed E-state index contributed by atoms with van der Waals surface area (Å²) in [4.78, 5) is 12.0. The van der Waals surface area contributed by atoms with Crippen molar-refractivity contribution < 1.29 is 4.79 Å². The first-order valence-corrected chi connectivity index (χ1v) is 7.65. The van der Waals surface area contributed by atoms with Crippen LogP contribution >= 0.6 is 0 Å². The van der Waals surface area contributed by atoms with Gasteiger partial charge in [0.05, 0.1) is 11.4 Å². The number of benzene rings is 1. The number of carbonyl (C=O) groups is 1. The molecule has 0 saturated heterocycles. The number of hydrogen-bond acceptors (Lipinski definition) is 3. The van der Waals surface area contributed by atoms with E-state index in [-0.39, 0.29) is 5.91 Å². The monoisotopic (exact) mass is 321 g/mol. The second kappa shape index (κ2) is 6.54. The van der Waals surface area contributed by atoms with Crippen molar-refractivity contribution >= 4 is 17.8 Å². The standard InChI is InChI=1S/C18H19N5O/c1-13-16(9-10-18(24)19-17-11-12-22(3)21-17)14(2)23(20-13)15-7-5-4-6-8-15/h4-12H,1-3H3,(H,19,21,24)/b10-9+. The van der Waals surface area contributed by atoms with E-state index in [1.54, 1.807) is 30.1 Å². The minimum absolute atomic E-state index is 0.222. The van der Waals surface area contributed by atoms with Crippen LogP contribution in [0.3, 0.4) is 0 Å². The van der Waals surface area contributed by atoms with Gasteiger partial charge in [0.2, 0.25) is 5.91 Å². The van der Waals surface area contributed by atoms with Crippen molar-refractivity contribution in [1.29, 1.82) is 0 Å². The highest BCUT2D eigenvalue weighted by Gasteiger charge is 2.10. The third-order valence-electron chi connectivity index (χ3n) is 3.71. The summed E-state index contributed by atoms with van der Waals surface area (Å²) < 4.78 is 3.52. The number of anilines is 1. The highest BCUT2D eigenvalue weighted by atomic mass is 16.1. The predicted molar refractivity (Wildman–Crippen MR) is 93.9 cm³/mol. The molecule has 0 spiro atoms. The molecule has 6 nitrogen and oxygen atoms in total. The van der Waals surface area contributed by atoms with E-state index in [9.17, 15) is 4.79 Å². The van der Waals surface area contributed by atoms with Gasteiger partial charge in [0, 0.05) is 36.6 Å². The first kappa shape index (κ1) is 15.7. The van der Waals surface area contributed by atoms with Crippen LogP contribution in [0.2, 0.25) is 0 Å². The molecule has 0 fully saturated rings. The molecule has 1 N–H and O–H groups in total. The molecule has 0 aliphatic heterocycles. The lowest BCUT2D eigenvalue weighted by Crippen LogP contribution is -2.08. The molecule has 0 unspecified atom stereocenters. The highest BCUT2D eigenvalue weighted by molar-refractivity contribution is 6.01. The molecule has 0 saturated carbocycles. The fraction of sp³-hybridized carbons (Fsp3) is 0.167. The Morgan fingerprint density at radius 3 is 2.54 bits per heavy atom. The van der Waals surface area contributed by atoms with E-state index in [4.69, 9.17) is 0 Å². The van der Waals surface area contributed by atoms with Crippen LogP contribution in [-0.4, -0.2) is 25.5 Å². The summed E-state index contributed by atoms with van der Waals surface area (Å²) in [5.41, 5.74) is 3.80. The Kier molecular flexibility index (Phi) is 4.29. The van der Waals surface area contributed by atoms with Crippen LogP contribution in [0.25, 0.3) is 11.8 Å². The van der Waals surface area contributed by atoms with Gasteiger partial charge in [-0.25, -0.2) is 4.68 Å². The van der Waals surface area contributed by atoms with Crippen LogP contribution in [-0.2, 0) is 11.8 Å². The fourth-order valence-electron chi connectivity index (χ4n) is 2.53. The number of para-hydroxylation sites is 1. The molecule has 3 rings (SSSR count). The molecule has 24 heavy (non-hydrogen) atoms. The lowest BCUT2D eigenvalue weighted by Gasteiger charge is -2.03. The third kappa shape index (κ3) is 3.27. The first-order valence-electron chi connectivity index (χ1n) is 7.65. The van der Waals surface area contributed by atoms with Gasteiger partial charge in [-0.15, -0.1) is 0 Å². The van der Waals surface area contributed by atoms with Crippen molar-refractivity contribution in [2.24, 2.45) is 7.05 Å². The molecule has 0 atom stereocenters. The topological polar surface area (TPSA) is 64.7 Å². The number of aryl methyl sites for hydroxylation is 2. The van der Waals surface area contributed by atoms with Crippen molar-refractivity contribution in [2.75, 3.05) is 5.32 Å². The Balaban J connectivity index is 1.80. The molecule has 0 bridgehead atoms. The Bertz CT molecular complexity index is 890. The van der Waals surface area contributed by atoms with E-state index in [1.165, 1.54) is 6.08 Å². The van der Waals surface area contributed by atoms with E-state index >= 15 is 0 Å². The zero-order chi connectivity index (χ0) is 17.1. The van der Waals surface area contributed by atoms with E-state index in [1.807, 2.05) is 48.9 Å². The Morgan fingerprint density at radius 1 is 1.12 bits per heavy atom. The SMILES string of the molecule is Cc1nn(-c2ccccc2)c(C)c1/C=C/C(=O)Nc1ccn(C)n1. The zero-order valence-electron chi connectivity index (χ0n) is 13.9. The molecule has 3 aromatic rings. The summed E-state index contributed by atoms with van der Waals surface area (Å²) in [6.45, 7) is 3.92. The molecule has 122 valence electrons. The quantitative estimate of drug-likeness (QED) is 0.752. The minimum atomic E-state index is -0.222. The highest BCUT2D eigenvalue weighted by Crippen LogP contribution is 2.19. The van der Waals surface area contributed by atoms with Crippen molar-refractivity contribution in [1.82, 2.24) is 19.6 Å². The Hall–Kier alpha value is -3.15. The summed E-state index contributed by atoms with van der Waals surface area (Å²) >= 11 is 0. The van der Waals surface area contributed by atoms with Crippen LogP contribution in [0.5, 0.6) is 0 Å². The van der Waals surface area contributed by atoms with Crippen molar-refractivity contribution in [3.63, 3.8) is 0 Å². The smallest absolute Gasteiger partial charge is 0.249 e. The van der Waals surface area contributed by atoms with Crippen LogP contribution in [0, 0.1) is 13.8 Å². The molecule has 0 radical (unpaired) electrons.